The molecule has 0 saturated carbocycles. The van der Waals surface area contributed by atoms with Crippen LogP contribution < -0.4 is 5.32 Å². The number of hydrogen-bond donors (Lipinski definition) is 1. The van der Waals surface area contributed by atoms with Crippen molar-refractivity contribution in [3.05, 3.63) is 112 Å². The van der Waals surface area contributed by atoms with Crippen LogP contribution in [0.5, 0.6) is 0 Å². The highest BCUT2D eigenvalue weighted by Crippen LogP contribution is 2.39. The van der Waals surface area contributed by atoms with E-state index in [-0.39, 0.29) is 17.6 Å². The predicted octanol–water partition coefficient (Wildman–Crippen LogP) is 5.33. The van der Waals surface area contributed by atoms with Crippen molar-refractivity contribution < 1.29 is 9.59 Å². The maximum absolute atomic E-state index is 13.9. The average Bonchev–Trinajstić information content (AvgIpc) is 3.17. The van der Waals surface area contributed by atoms with Crippen molar-refractivity contribution in [1.82, 2.24) is 20.0 Å². The summed E-state index contributed by atoms with van der Waals surface area (Å²) in [5.74, 6) is 0.00996. The number of thioether (sulfide) groups is 1. The zero-order valence-electron chi connectivity index (χ0n) is 22.0. The minimum absolute atomic E-state index is 0.0483. The van der Waals surface area contributed by atoms with E-state index >= 15 is 0 Å². The Morgan fingerprint density at radius 2 is 1.55 bits per heavy atom. The van der Waals surface area contributed by atoms with Gasteiger partial charge in [-0.3, -0.25) is 9.59 Å². The van der Waals surface area contributed by atoms with Crippen molar-refractivity contribution in [3.8, 4) is 5.69 Å². The van der Waals surface area contributed by atoms with E-state index in [0.717, 1.165) is 33.1 Å². The second kappa shape index (κ2) is 11.3. The summed E-state index contributed by atoms with van der Waals surface area (Å²) in [7, 11) is 0. The van der Waals surface area contributed by atoms with Gasteiger partial charge in [0.15, 0.2) is 0 Å². The molecule has 7 heteroatoms. The van der Waals surface area contributed by atoms with Crippen molar-refractivity contribution >= 4 is 23.6 Å². The van der Waals surface area contributed by atoms with Crippen molar-refractivity contribution in [2.75, 3.05) is 12.3 Å². The van der Waals surface area contributed by atoms with Crippen LogP contribution in [-0.2, 0) is 22.6 Å². The number of nitrogens with zero attached hydrogens (tertiary/aromatic N) is 3. The van der Waals surface area contributed by atoms with Crippen LogP contribution in [0.3, 0.4) is 0 Å². The minimum Gasteiger partial charge on any atom is -0.350 e. The van der Waals surface area contributed by atoms with Crippen LogP contribution in [0.2, 0.25) is 0 Å². The van der Waals surface area contributed by atoms with Gasteiger partial charge in [-0.25, -0.2) is 4.68 Å². The molecule has 1 N–H and O–H groups in total. The molecule has 2 heterocycles. The lowest BCUT2D eigenvalue weighted by atomic mass is 10.0. The highest BCUT2D eigenvalue weighted by atomic mass is 32.2. The van der Waals surface area contributed by atoms with Crippen molar-refractivity contribution in [1.29, 1.82) is 0 Å². The Bertz CT molecular complexity index is 1430. The Kier molecular flexibility index (Phi) is 7.65. The Morgan fingerprint density at radius 1 is 0.921 bits per heavy atom. The van der Waals surface area contributed by atoms with Crippen LogP contribution in [-0.4, -0.2) is 38.8 Å². The zero-order valence-corrected chi connectivity index (χ0v) is 22.8. The van der Waals surface area contributed by atoms with Gasteiger partial charge < -0.3 is 10.2 Å². The normalized spacial score (nSPS) is 15.2. The van der Waals surface area contributed by atoms with Gasteiger partial charge in [0.25, 0.3) is 0 Å². The first-order valence-electron chi connectivity index (χ1n) is 12.9. The van der Waals surface area contributed by atoms with Gasteiger partial charge in [0, 0.05) is 18.7 Å². The maximum Gasteiger partial charge on any atom is 0.247 e. The number of carbonyl (C=O) groups is 2. The summed E-state index contributed by atoms with van der Waals surface area (Å²) in [6.45, 7) is 6.86. The summed E-state index contributed by atoms with van der Waals surface area (Å²) in [5, 5.41) is 8.78. The molecule has 6 nitrogen and oxygen atoms in total. The van der Waals surface area contributed by atoms with Crippen LogP contribution in [0, 0.1) is 20.8 Å². The Labute approximate surface area is 228 Å². The molecule has 0 bridgehead atoms. The first-order chi connectivity index (χ1) is 18.4. The van der Waals surface area contributed by atoms with Crippen molar-refractivity contribution in [2.24, 2.45) is 0 Å². The number of hydrogen-bond acceptors (Lipinski definition) is 4. The molecule has 4 aromatic rings. The first-order valence-corrected chi connectivity index (χ1v) is 13.9. The number of fused-ring (bicyclic) bond motifs is 1. The molecule has 0 spiro atoms. The fourth-order valence-electron chi connectivity index (χ4n) is 4.75. The predicted molar refractivity (Wildman–Crippen MR) is 151 cm³/mol. The standard InChI is InChI=1S/C31H32N4O2S/c1-21-9-13-24(14-10-21)17-18-34-27(36)20-38-31-28(23(3)33-35(31)26-7-5-4-6-8-26)29(34)30(37)32-19-25-15-11-22(2)12-16-25/h4-16,29H,17-20H2,1-3H3,(H,32,37). The van der Waals surface area contributed by atoms with Gasteiger partial charge in [0.2, 0.25) is 11.8 Å². The van der Waals surface area contributed by atoms with Crippen LogP contribution in [0.25, 0.3) is 5.69 Å². The molecular weight excluding hydrogens is 492 g/mol. The third kappa shape index (κ3) is 5.53. The molecule has 0 radical (unpaired) electrons. The van der Waals surface area contributed by atoms with Crippen LogP contribution in [0.4, 0.5) is 0 Å². The zero-order chi connectivity index (χ0) is 26.6. The number of para-hydroxylation sites is 1. The van der Waals surface area contributed by atoms with Gasteiger partial charge in [0.05, 0.1) is 17.1 Å². The van der Waals surface area contributed by atoms with Gasteiger partial charge >= 0.3 is 0 Å². The fourth-order valence-corrected chi connectivity index (χ4v) is 5.86. The van der Waals surface area contributed by atoms with Crippen LogP contribution >= 0.6 is 11.8 Å². The lowest BCUT2D eigenvalue weighted by molar-refractivity contribution is -0.139. The number of carbonyl (C=O) groups excluding carboxylic acids is 2. The summed E-state index contributed by atoms with van der Waals surface area (Å²) in [5.41, 5.74) is 6.97. The smallest absolute Gasteiger partial charge is 0.247 e. The number of aryl methyl sites for hydroxylation is 3. The molecule has 0 saturated heterocycles. The number of amides is 2. The number of rotatable bonds is 7. The molecule has 1 aliphatic rings. The van der Waals surface area contributed by atoms with Crippen LogP contribution in [0.1, 0.15) is 39.6 Å². The van der Waals surface area contributed by atoms with Crippen molar-refractivity contribution in [3.63, 3.8) is 0 Å². The summed E-state index contributed by atoms with van der Waals surface area (Å²) in [4.78, 5) is 29.2. The molecule has 0 aliphatic carbocycles. The van der Waals surface area contributed by atoms with Gasteiger partial charge in [-0.15, -0.1) is 0 Å². The third-order valence-corrected chi connectivity index (χ3v) is 7.96. The highest BCUT2D eigenvalue weighted by molar-refractivity contribution is 8.00. The Hall–Kier alpha value is -3.84. The molecule has 0 fully saturated rings. The third-order valence-electron chi connectivity index (χ3n) is 6.90. The molecule has 194 valence electrons. The van der Waals surface area contributed by atoms with Gasteiger partial charge in [-0.05, 0) is 50.5 Å². The van der Waals surface area contributed by atoms with Crippen LogP contribution in [0.15, 0.2) is 83.9 Å². The molecule has 1 atom stereocenters. The molecule has 1 aromatic heterocycles. The van der Waals surface area contributed by atoms with E-state index in [0.29, 0.717) is 19.5 Å². The molecule has 1 aliphatic heterocycles. The van der Waals surface area contributed by atoms with E-state index in [4.69, 9.17) is 5.10 Å². The maximum atomic E-state index is 13.9. The molecule has 5 rings (SSSR count). The van der Waals surface area contributed by atoms with E-state index in [2.05, 4.69) is 36.5 Å². The summed E-state index contributed by atoms with van der Waals surface area (Å²) >= 11 is 1.45. The minimum atomic E-state index is -0.763. The quantitative estimate of drug-likeness (QED) is 0.355. The van der Waals surface area contributed by atoms with E-state index in [1.54, 1.807) is 4.90 Å². The fraction of sp³-hybridized carbons (Fsp3) is 0.258. The van der Waals surface area contributed by atoms with Crippen molar-refractivity contribution in [2.45, 2.75) is 44.8 Å². The highest BCUT2D eigenvalue weighted by Gasteiger charge is 2.39. The number of aromatic nitrogens is 2. The first kappa shape index (κ1) is 25.8. The number of nitrogens with one attached hydrogen (secondary N) is 1. The second-order valence-electron chi connectivity index (χ2n) is 9.77. The molecule has 2 amide bonds. The second-order valence-corrected chi connectivity index (χ2v) is 10.7. The monoisotopic (exact) mass is 524 g/mol. The number of benzene rings is 3. The van der Waals surface area contributed by atoms with E-state index < -0.39 is 6.04 Å². The lowest BCUT2D eigenvalue weighted by Crippen LogP contribution is -2.44. The topological polar surface area (TPSA) is 67.2 Å². The summed E-state index contributed by atoms with van der Waals surface area (Å²) < 4.78 is 1.87. The summed E-state index contributed by atoms with van der Waals surface area (Å²) in [6.07, 6.45) is 0.666. The van der Waals surface area contributed by atoms with E-state index in [9.17, 15) is 9.59 Å². The Balaban J connectivity index is 1.50. The molecule has 3 aromatic carbocycles. The van der Waals surface area contributed by atoms with Gasteiger partial charge in [-0.2, -0.15) is 5.10 Å². The lowest BCUT2D eigenvalue weighted by Gasteiger charge is -2.30. The molecule has 38 heavy (non-hydrogen) atoms. The SMILES string of the molecule is Cc1ccc(CCN2C(=O)CSc3c(c(C)nn3-c3ccccc3)C2C(=O)NCc2ccc(C)cc2)cc1. The largest absolute Gasteiger partial charge is 0.350 e. The van der Waals surface area contributed by atoms with E-state index in [1.165, 1.54) is 22.9 Å². The molecule has 1 unspecified atom stereocenters. The van der Waals surface area contributed by atoms with Gasteiger partial charge in [-0.1, -0.05) is 89.6 Å². The average molecular weight is 525 g/mol. The van der Waals surface area contributed by atoms with E-state index in [1.807, 2.05) is 73.1 Å². The van der Waals surface area contributed by atoms with Gasteiger partial charge in [0.1, 0.15) is 11.1 Å². The Morgan fingerprint density at radius 3 is 2.21 bits per heavy atom. The summed E-state index contributed by atoms with van der Waals surface area (Å²) in [6, 6.07) is 25.5. The molecular formula is C31H32N4O2S.